The maximum atomic E-state index is 14.0. The zero-order valence-electron chi connectivity index (χ0n) is 27.3. The Labute approximate surface area is 287 Å². The van der Waals surface area contributed by atoms with Gasteiger partial charge >= 0.3 is 5.97 Å². The van der Waals surface area contributed by atoms with Gasteiger partial charge in [-0.1, -0.05) is 12.1 Å². The molecule has 1 aromatic rings. The molecule has 0 aromatic heterocycles. The second-order valence-electron chi connectivity index (χ2n) is 11.1. The normalized spacial score (nSPS) is 13.7. The lowest BCUT2D eigenvalue weighted by Crippen LogP contribution is -2.59. The molecule has 0 saturated carbocycles. The van der Waals surface area contributed by atoms with Crippen molar-refractivity contribution in [2.75, 3.05) is 19.7 Å². The van der Waals surface area contributed by atoms with E-state index in [1.54, 1.807) is 0 Å². The summed E-state index contributed by atoms with van der Waals surface area (Å²) in [5.41, 5.74) is 32.4. The number of aliphatic hydroxyl groups is 1. The molecule has 0 spiro atoms. The van der Waals surface area contributed by atoms with Crippen molar-refractivity contribution in [2.24, 2.45) is 44.4 Å². The number of guanidine groups is 2. The number of nitrogens with one attached hydrogen (secondary N) is 4. The predicted molar refractivity (Wildman–Crippen MR) is 179 cm³/mol. The standard InChI is InChI=1S/C29H47FN12O8/c30-16-5-1-4-15(12-16)13-20(25(47)42-21(14-43)26(48)40-19(27(49)50)7-3-11-38-29(35)36)41-24(46)18(6-2-10-37-28(33)34)39-23(45)17(31)8-9-22(32)44/h1,4-5,12,17-21,43H,2-3,6-11,13-14,31H2,(H2,32,44)(H,39,45)(H,40,48)(H,41,46)(H,42,47)(H,49,50)(H4,33,34,37)(H4,35,36,38)/t17-,18-,19-,20-,21-/m0/s1. The van der Waals surface area contributed by atoms with E-state index in [-0.39, 0.29) is 75.5 Å². The first kappa shape index (κ1) is 42.5. The van der Waals surface area contributed by atoms with Crippen LogP contribution in [0, 0.1) is 5.82 Å². The highest BCUT2D eigenvalue weighted by Crippen LogP contribution is 2.09. The van der Waals surface area contributed by atoms with Gasteiger partial charge in [0.15, 0.2) is 11.9 Å². The molecule has 20 nitrogen and oxygen atoms in total. The molecular weight excluding hydrogens is 663 g/mol. The molecule has 0 saturated heterocycles. The van der Waals surface area contributed by atoms with Gasteiger partial charge in [-0.05, 0) is 49.8 Å². The fourth-order valence-corrected chi connectivity index (χ4v) is 4.36. The Bertz CT molecular complexity index is 1390. The number of amides is 5. The molecule has 1 rings (SSSR count). The summed E-state index contributed by atoms with van der Waals surface area (Å²) in [5, 5.41) is 28.9. The second-order valence-corrected chi connectivity index (χ2v) is 11.1. The van der Waals surface area contributed by atoms with Crippen LogP contribution in [-0.4, -0.2) is 108 Å². The molecule has 5 amide bonds. The maximum absolute atomic E-state index is 14.0. The number of nitrogens with zero attached hydrogens (tertiary/aromatic N) is 2. The molecule has 278 valence electrons. The number of carbonyl (C=O) groups is 6. The fraction of sp³-hybridized carbons (Fsp3) is 0.517. The molecule has 0 fully saturated rings. The van der Waals surface area contributed by atoms with Gasteiger partial charge in [0, 0.05) is 25.9 Å². The van der Waals surface area contributed by atoms with Crippen molar-refractivity contribution < 1.29 is 43.4 Å². The van der Waals surface area contributed by atoms with Gasteiger partial charge in [0.2, 0.25) is 29.5 Å². The molecule has 0 aliphatic rings. The van der Waals surface area contributed by atoms with Gasteiger partial charge in [0.25, 0.3) is 0 Å². The molecule has 0 radical (unpaired) electrons. The third-order valence-electron chi connectivity index (χ3n) is 6.95. The van der Waals surface area contributed by atoms with E-state index < -0.39 is 78.1 Å². The second kappa shape index (κ2) is 22.1. The van der Waals surface area contributed by atoms with E-state index in [0.29, 0.717) is 0 Å². The smallest absolute Gasteiger partial charge is 0.326 e. The number of hydrogen-bond acceptors (Lipinski definition) is 10. The van der Waals surface area contributed by atoms with Gasteiger partial charge in [-0.15, -0.1) is 0 Å². The van der Waals surface area contributed by atoms with Crippen LogP contribution in [0.1, 0.15) is 44.1 Å². The predicted octanol–water partition coefficient (Wildman–Crippen LogP) is -4.92. The third-order valence-corrected chi connectivity index (χ3v) is 6.95. The highest BCUT2D eigenvalue weighted by atomic mass is 19.1. The Balaban J connectivity index is 3.24. The summed E-state index contributed by atoms with van der Waals surface area (Å²) in [5.74, 6) is -6.91. The molecule has 1 aromatic carbocycles. The van der Waals surface area contributed by atoms with Crippen LogP contribution in [0.3, 0.4) is 0 Å². The lowest BCUT2D eigenvalue weighted by molar-refractivity contribution is -0.142. The first-order chi connectivity index (χ1) is 23.5. The Morgan fingerprint density at radius 3 is 1.74 bits per heavy atom. The Morgan fingerprint density at radius 2 is 1.22 bits per heavy atom. The summed E-state index contributed by atoms with van der Waals surface area (Å²) in [6, 6.07) is -2.05. The van der Waals surface area contributed by atoms with Crippen molar-refractivity contribution in [3.63, 3.8) is 0 Å². The van der Waals surface area contributed by atoms with Gasteiger partial charge in [-0.25, -0.2) is 9.18 Å². The topological polar surface area (TPSA) is 372 Å². The van der Waals surface area contributed by atoms with Gasteiger partial charge in [0.1, 0.15) is 30.0 Å². The summed E-state index contributed by atoms with van der Waals surface area (Å²) >= 11 is 0. The highest BCUT2D eigenvalue weighted by Gasteiger charge is 2.32. The third kappa shape index (κ3) is 17.0. The molecule has 21 heteroatoms. The molecule has 0 aliphatic carbocycles. The number of aliphatic hydroxyl groups excluding tert-OH is 1. The Kier molecular flexibility index (Phi) is 18.8. The van der Waals surface area contributed by atoms with E-state index in [2.05, 4.69) is 31.3 Å². The lowest BCUT2D eigenvalue weighted by Gasteiger charge is -2.26. The number of hydrogen-bond donors (Lipinski definition) is 12. The lowest BCUT2D eigenvalue weighted by atomic mass is 10.0. The molecule has 18 N–H and O–H groups in total. The number of aliphatic imine (C=N–C) groups is 2. The van der Waals surface area contributed by atoms with Crippen molar-refractivity contribution in [3.8, 4) is 0 Å². The van der Waals surface area contributed by atoms with Crippen molar-refractivity contribution in [2.45, 2.75) is 75.2 Å². The molecule has 0 bridgehead atoms. The number of carboxylic acid groups (broad SMARTS) is 1. The molecular formula is C29H47FN12O8. The highest BCUT2D eigenvalue weighted by molar-refractivity contribution is 5.95. The summed E-state index contributed by atoms with van der Waals surface area (Å²) in [6.45, 7) is -0.814. The number of primary amides is 1. The summed E-state index contributed by atoms with van der Waals surface area (Å²) in [7, 11) is 0. The molecule has 0 unspecified atom stereocenters. The average Bonchev–Trinajstić information content (AvgIpc) is 3.04. The van der Waals surface area contributed by atoms with Gasteiger partial charge in [-0.2, -0.15) is 0 Å². The number of aliphatic carboxylic acids is 1. The van der Waals surface area contributed by atoms with Gasteiger partial charge in [-0.3, -0.25) is 34.0 Å². The zero-order valence-corrected chi connectivity index (χ0v) is 27.3. The molecule has 5 atom stereocenters. The number of carboxylic acids is 1. The molecule has 50 heavy (non-hydrogen) atoms. The average molecular weight is 711 g/mol. The van der Waals surface area contributed by atoms with Crippen LogP contribution in [-0.2, 0) is 35.2 Å². The van der Waals surface area contributed by atoms with Gasteiger partial charge < -0.3 is 65.9 Å². The van der Waals surface area contributed by atoms with Crippen LogP contribution in [0.15, 0.2) is 34.3 Å². The number of nitrogens with two attached hydrogens (primary N) is 6. The number of rotatable bonds is 23. The van der Waals surface area contributed by atoms with Crippen molar-refractivity contribution in [1.29, 1.82) is 0 Å². The van der Waals surface area contributed by atoms with E-state index in [1.807, 2.05) is 0 Å². The monoisotopic (exact) mass is 710 g/mol. The SMILES string of the molecule is NC(=O)CC[C@H](N)C(=O)N[C@@H](CCCN=C(N)N)C(=O)N[C@@H](Cc1cccc(F)c1)C(=O)N[C@@H](CO)C(=O)N[C@@H](CCCN=C(N)N)C(=O)O. The minimum absolute atomic E-state index is 0.0490. The quantitative estimate of drug-likeness (QED) is 0.0288. The van der Waals surface area contributed by atoms with E-state index in [9.17, 15) is 43.4 Å². The first-order valence-corrected chi connectivity index (χ1v) is 15.5. The van der Waals surface area contributed by atoms with Crippen LogP contribution in [0.5, 0.6) is 0 Å². The zero-order chi connectivity index (χ0) is 37.8. The minimum atomic E-state index is -1.67. The van der Waals surface area contributed by atoms with E-state index in [4.69, 9.17) is 34.4 Å². The van der Waals surface area contributed by atoms with Crippen LogP contribution in [0.4, 0.5) is 4.39 Å². The van der Waals surface area contributed by atoms with E-state index >= 15 is 0 Å². The van der Waals surface area contributed by atoms with E-state index in [1.165, 1.54) is 12.1 Å². The van der Waals surface area contributed by atoms with Crippen LogP contribution in [0.25, 0.3) is 0 Å². The van der Waals surface area contributed by atoms with E-state index in [0.717, 1.165) is 12.1 Å². The number of halogens is 1. The summed E-state index contributed by atoms with van der Waals surface area (Å²) < 4.78 is 14.0. The number of benzene rings is 1. The summed E-state index contributed by atoms with van der Waals surface area (Å²) in [6.07, 6.45) is -0.417. The largest absolute Gasteiger partial charge is 0.480 e. The van der Waals surface area contributed by atoms with Gasteiger partial charge in [0.05, 0.1) is 12.6 Å². The first-order valence-electron chi connectivity index (χ1n) is 15.5. The molecule has 0 aliphatic heterocycles. The van der Waals surface area contributed by atoms with Crippen molar-refractivity contribution in [3.05, 3.63) is 35.6 Å². The fourth-order valence-electron chi connectivity index (χ4n) is 4.36. The van der Waals surface area contributed by atoms with Crippen LogP contribution < -0.4 is 55.7 Å². The summed E-state index contributed by atoms with van der Waals surface area (Å²) in [4.78, 5) is 83.2. The number of carbonyl (C=O) groups excluding carboxylic acids is 5. The van der Waals surface area contributed by atoms with Crippen LogP contribution >= 0.6 is 0 Å². The Morgan fingerprint density at radius 1 is 0.720 bits per heavy atom. The molecule has 0 heterocycles. The Hall–Kier alpha value is -5.57. The minimum Gasteiger partial charge on any atom is -0.480 e. The van der Waals surface area contributed by atoms with Crippen molar-refractivity contribution >= 4 is 47.4 Å². The van der Waals surface area contributed by atoms with Crippen LogP contribution in [0.2, 0.25) is 0 Å². The van der Waals surface area contributed by atoms with Crippen molar-refractivity contribution in [1.82, 2.24) is 21.3 Å². The maximum Gasteiger partial charge on any atom is 0.326 e.